The van der Waals surface area contributed by atoms with E-state index in [9.17, 15) is 14.0 Å². The molecule has 0 aromatic heterocycles. The van der Waals surface area contributed by atoms with Gasteiger partial charge in [0.1, 0.15) is 5.82 Å². The van der Waals surface area contributed by atoms with E-state index >= 15 is 0 Å². The Kier molecular flexibility index (Phi) is 6.23. The zero-order valence-corrected chi connectivity index (χ0v) is 14.6. The first-order valence-electron chi connectivity index (χ1n) is 7.01. The molecule has 1 atom stereocenters. The number of rotatable bonds is 5. The molecular formula is C17H15ClFNO3S. The third kappa shape index (κ3) is 4.72. The van der Waals surface area contributed by atoms with Crippen LogP contribution >= 0.6 is 23.4 Å². The van der Waals surface area contributed by atoms with Gasteiger partial charge in [0, 0.05) is 10.6 Å². The Morgan fingerprint density at radius 2 is 1.88 bits per heavy atom. The Labute approximate surface area is 148 Å². The molecule has 1 amide bonds. The third-order valence-corrected chi connectivity index (χ3v) is 4.21. The van der Waals surface area contributed by atoms with E-state index in [1.807, 2.05) is 6.26 Å². The highest BCUT2D eigenvalue weighted by Gasteiger charge is 2.21. The molecule has 0 saturated carbocycles. The quantitative estimate of drug-likeness (QED) is 0.629. The van der Waals surface area contributed by atoms with Gasteiger partial charge >= 0.3 is 5.97 Å². The predicted octanol–water partition coefficient (Wildman–Crippen LogP) is 4.39. The summed E-state index contributed by atoms with van der Waals surface area (Å²) in [6, 6.07) is 10.3. The van der Waals surface area contributed by atoms with Crippen LogP contribution in [0.2, 0.25) is 5.02 Å². The largest absolute Gasteiger partial charge is 0.449 e. The highest BCUT2D eigenvalue weighted by Crippen LogP contribution is 2.24. The van der Waals surface area contributed by atoms with Crippen LogP contribution in [0.25, 0.3) is 0 Å². The molecule has 1 N–H and O–H groups in total. The van der Waals surface area contributed by atoms with E-state index in [1.54, 1.807) is 18.2 Å². The number of benzene rings is 2. The molecule has 2 rings (SSSR count). The summed E-state index contributed by atoms with van der Waals surface area (Å²) in [6.07, 6.45) is 0.841. The minimum atomic E-state index is -1.03. The summed E-state index contributed by atoms with van der Waals surface area (Å²) >= 11 is 7.47. The van der Waals surface area contributed by atoms with Gasteiger partial charge in [-0.15, -0.1) is 11.8 Å². The lowest BCUT2D eigenvalue weighted by Gasteiger charge is -2.14. The lowest BCUT2D eigenvalue weighted by molar-refractivity contribution is -0.123. The van der Waals surface area contributed by atoms with Gasteiger partial charge in [-0.3, -0.25) is 4.79 Å². The number of carbonyl (C=O) groups is 2. The molecule has 0 aliphatic carbocycles. The molecule has 2 aromatic carbocycles. The molecular weight excluding hydrogens is 353 g/mol. The van der Waals surface area contributed by atoms with Crippen molar-refractivity contribution in [1.29, 1.82) is 0 Å². The number of thioether (sulfide) groups is 1. The van der Waals surface area contributed by atoms with Gasteiger partial charge < -0.3 is 10.1 Å². The van der Waals surface area contributed by atoms with Crippen molar-refractivity contribution in [2.24, 2.45) is 0 Å². The second-order valence-electron chi connectivity index (χ2n) is 4.89. The van der Waals surface area contributed by atoms with Crippen LogP contribution in [0.15, 0.2) is 47.4 Å². The van der Waals surface area contributed by atoms with Gasteiger partial charge in [0.05, 0.1) is 10.6 Å². The topological polar surface area (TPSA) is 55.4 Å². The number of ether oxygens (including phenoxy) is 1. The van der Waals surface area contributed by atoms with Crippen LogP contribution in [0.1, 0.15) is 17.3 Å². The fraction of sp³-hybridized carbons (Fsp3) is 0.176. The van der Waals surface area contributed by atoms with E-state index in [0.29, 0.717) is 5.69 Å². The second kappa shape index (κ2) is 8.17. The molecule has 0 saturated heterocycles. The van der Waals surface area contributed by atoms with E-state index in [-0.39, 0.29) is 10.6 Å². The van der Waals surface area contributed by atoms with Crippen molar-refractivity contribution in [3.63, 3.8) is 0 Å². The number of hydrogen-bond donors (Lipinski definition) is 1. The number of hydrogen-bond acceptors (Lipinski definition) is 4. The Hall–Kier alpha value is -2.05. The Morgan fingerprint density at radius 3 is 2.50 bits per heavy atom. The summed E-state index contributed by atoms with van der Waals surface area (Å²) in [6.45, 7) is 1.45. The molecule has 0 spiro atoms. The summed E-state index contributed by atoms with van der Waals surface area (Å²) in [5.41, 5.74) is 0.608. The average Bonchev–Trinajstić information content (AvgIpc) is 2.57. The minimum Gasteiger partial charge on any atom is -0.449 e. The summed E-state index contributed by atoms with van der Waals surface area (Å²) < 4.78 is 18.0. The van der Waals surface area contributed by atoms with Crippen molar-refractivity contribution in [3.8, 4) is 0 Å². The molecule has 0 heterocycles. The first-order chi connectivity index (χ1) is 11.4. The van der Waals surface area contributed by atoms with E-state index in [1.165, 1.54) is 43.0 Å². The van der Waals surface area contributed by atoms with E-state index < -0.39 is 23.8 Å². The molecule has 0 fully saturated rings. The van der Waals surface area contributed by atoms with Crippen molar-refractivity contribution in [3.05, 3.63) is 58.9 Å². The highest BCUT2D eigenvalue weighted by atomic mass is 35.5. The molecule has 126 valence electrons. The van der Waals surface area contributed by atoms with Crippen LogP contribution in [-0.4, -0.2) is 24.2 Å². The summed E-state index contributed by atoms with van der Waals surface area (Å²) in [4.78, 5) is 25.1. The van der Waals surface area contributed by atoms with Gasteiger partial charge in [0.2, 0.25) is 0 Å². The third-order valence-electron chi connectivity index (χ3n) is 3.16. The smallest absolute Gasteiger partial charge is 0.340 e. The average molecular weight is 368 g/mol. The second-order valence-corrected chi connectivity index (χ2v) is 6.18. The minimum absolute atomic E-state index is 0.199. The monoisotopic (exact) mass is 367 g/mol. The van der Waals surface area contributed by atoms with Gasteiger partial charge in [-0.05, 0) is 55.6 Å². The predicted molar refractivity (Wildman–Crippen MR) is 93.1 cm³/mol. The summed E-state index contributed by atoms with van der Waals surface area (Å²) in [5.74, 6) is -1.61. The molecule has 0 aliphatic rings. The van der Waals surface area contributed by atoms with E-state index in [4.69, 9.17) is 16.3 Å². The van der Waals surface area contributed by atoms with E-state index in [0.717, 1.165) is 4.90 Å². The zero-order valence-electron chi connectivity index (χ0n) is 13.0. The first kappa shape index (κ1) is 18.3. The maximum absolute atomic E-state index is 12.8. The number of amides is 1. The zero-order chi connectivity index (χ0) is 17.7. The van der Waals surface area contributed by atoms with Gasteiger partial charge in [-0.1, -0.05) is 11.6 Å². The van der Waals surface area contributed by atoms with Crippen molar-refractivity contribution in [2.75, 3.05) is 11.6 Å². The summed E-state index contributed by atoms with van der Waals surface area (Å²) in [5, 5.41) is 2.80. The van der Waals surface area contributed by atoms with Gasteiger partial charge in [0.25, 0.3) is 5.91 Å². The van der Waals surface area contributed by atoms with Crippen LogP contribution < -0.4 is 5.32 Å². The van der Waals surface area contributed by atoms with Crippen LogP contribution in [0, 0.1) is 5.82 Å². The van der Waals surface area contributed by atoms with Crippen molar-refractivity contribution in [2.45, 2.75) is 17.9 Å². The first-order valence-corrected chi connectivity index (χ1v) is 8.62. The molecule has 0 radical (unpaired) electrons. The van der Waals surface area contributed by atoms with Gasteiger partial charge in [-0.2, -0.15) is 0 Å². The van der Waals surface area contributed by atoms with Crippen LogP contribution in [-0.2, 0) is 9.53 Å². The summed E-state index contributed by atoms with van der Waals surface area (Å²) in [7, 11) is 0. The number of carbonyl (C=O) groups excluding carboxylic acids is 2. The van der Waals surface area contributed by atoms with Gasteiger partial charge in [0.15, 0.2) is 6.10 Å². The Balaban J connectivity index is 2.02. The molecule has 0 aliphatic heterocycles. The van der Waals surface area contributed by atoms with Crippen LogP contribution in [0.5, 0.6) is 0 Å². The van der Waals surface area contributed by atoms with Crippen LogP contribution in [0.3, 0.4) is 0 Å². The highest BCUT2D eigenvalue weighted by molar-refractivity contribution is 7.98. The maximum atomic E-state index is 12.8. The Morgan fingerprint density at radius 1 is 1.21 bits per heavy atom. The van der Waals surface area contributed by atoms with Crippen molar-refractivity contribution < 1.29 is 18.7 Å². The van der Waals surface area contributed by atoms with Crippen molar-refractivity contribution in [1.82, 2.24) is 0 Å². The molecule has 0 unspecified atom stereocenters. The fourth-order valence-corrected chi connectivity index (χ4v) is 2.48. The molecule has 2 aromatic rings. The van der Waals surface area contributed by atoms with Crippen molar-refractivity contribution >= 4 is 40.9 Å². The normalized spacial score (nSPS) is 11.7. The molecule has 24 heavy (non-hydrogen) atoms. The maximum Gasteiger partial charge on any atom is 0.340 e. The standard InChI is InChI=1S/C17H15ClFNO3S/c1-10(16(21)20-12-5-3-11(19)4-6-12)23-17(22)14-9-13(24-2)7-8-15(14)18/h3-10H,1-2H3,(H,20,21)/t10-/m1/s1. The molecule has 4 nitrogen and oxygen atoms in total. The van der Waals surface area contributed by atoms with Crippen LogP contribution in [0.4, 0.5) is 10.1 Å². The fourth-order valence-electron chi connectivity index (χ4n) is 1.84. The number of nitrogens with one attached hydrogen (secondary N) is 1. The number of esters is 1. The van der Waals surface area contributed by atoms with E-state index in [2.05, 4.69) is 5.32 Å². The van der Waals surface area contributed by atoms with Gasteiger partial charge in [-0.25, -0.2) is 9.18 Å². The number of halogens is 2. The molecule has 7 heteroatoms. The SMILES string of the molecule is CSc1ccc(Cl)c(C(=O)O[C@H](C)C(=O)Nc2ccc(F)cc2)c1. The Bertz CT molecular complexity index is 752. The lowest BCUT2D eigenvalue weighted by atomic mass is 10.2. The molecule has 0 bridgehead atoms. The lowest BCUT2D eigenvalue weighted by Crippen LogP contribution is -2.30. The number of anilines is 1.